The molecule has 0 N–H and O–H groups in total. The van der Waals surface area contributed by atoms with E-state index in [0.717, 1.165) is 18.7 Å². The fourth-order valence-electron chi connectivity index (χ4n) is 0.801. The molecule has 0 unspecified atom stereocenters. The van der Waals surface area contributed by atoms with E-state index in [2.05, 4.69) is 18.2 Å². The van der Waals surface area contributed by atoms with E-state index in [4.69, 9.17) is 11.6 Å². The molecule has 1 aliphatic rings. The predicted molar refractivity (Wildman–Crippen MR) is 37.2 cm³/mol. The highest BCUT2D eigenvalue weighted by atomic mass is 35.5. The van der Waals surface area contributed by atoms with Crippen LogP contribution in [0.2, 0.25) is 0 Å². The maximum atomic E-state index is 5.51. The Morgan fingerprint density at radius 2 is 2.50 bits per heavy atom. The van der Waals surface area contributed by atoms with Crippen molar-refractivity contribution in [2.45, 2.75) is 12.8 Å². The van der Waals surface area contributed by atoms with Gasteiger partial charge in [-0.1, -0.05) is 23.8 Å². The van der Waals surface area contributed by atoms with Gasteiger partial charge in [0.05, 0.1) is 0 Å². The van der Waals surface area contributed by atoms with Crippen LogP contribution < -0.4 is 0 Å². The number of rotatable bonds is 2. The maximum absolute atomic E-state index is 5.51. The zero-order valence-corrected chi connectivity index (χ0v) is 5.49. The second kappa shape index (κ2) is 2.93. The third-order valence-corrected chi connectivity index (χ3v) is 1.42. The first kappa shape index (κ1) is 5.90. The summed E-state index contributed by atoms with van der Waals surface area (Å²) in [6.07, 6.45) is 8.64. The lowest BCUT2D eigenvalue weighted by molar-refractivity contribution is 1.16. The first-order chi connectivity index (χ1) is 3.93. The summed E-state index contributed by atoms with van der Waals surface area (Å²) in [4.78, 5) is 0. The lowest BCUT2D eigenvalue weighted by Gasteiger charge is -1.89. The van der Waals surface area contributed by atoms with Crippen molar-refractivity contribution in [1.29, 1.82) is 0 Å². The fourth-order valence-corrected chi connectivity index (χ4v) is 1.02. The smallest absolute Gasteiger partial charge is 0.0263 e. The third-order valence-electron chi connectivity index (χ3n) is 1.23. The summed E-state index contributed by atoms with van der Waals surface area (Å²) < 4.78 is 0. The van der Waals surface area contributed by atoms with Gasteiger partial charge in [0.1, 0.15) is 0 Å². The molecule has 0 aliphatic heterocycles. The van der Waals surface area contributed by atoms with Gasteiger partial charge in [-0.05, 0) is 12.8 Å². The van der Waals surface area contributed by atoms with Gasteiger partial charge in [0.25, 0.3) is 0 Å². The Balaban J connectivity index is 2.34. The van der Waals surface area contributed by atoms with Crippen molar-refractivity contribution in [3.63, 3.8) is 0 Å². The standard InChI is InChI=1S/C7H9Cl/c8-6-5-7-3-1-2-4-7/h1,3-4H,2,5-6H2. The van der Waals surface area contributed by atoms with Crippen LogP contribution in [0.25, 0.3) is 0 Å². The molecule has 1 heteroatoms. The Hall–Kier alpha value is -0.230. The Morgan fingerprint density at radius 1 is 1.62 bits per heavy atom. The van der Waals surface area contributed by atoms with Crippen LogP contribution in [-0.2, 0) is 0 Å². The Kier molecular flexibility index (Phi) is 2.16. The quantitative estimate of drug-likeness (QED) is 0.502. The minimum atomic E-state index is 0.746. The zero-order valence-electron chi connectivity index (χ0n) is 4.73. The highest BCUT2D eigenvalue weighted by Crippen LogP contribution is 2.12. The van der Waals surface area contributed by atoms with E-state index in [0.29, 0.717) is 0 Å². The molecular formula is C7H9Cl. The Bertz CT molecular complexity index is 122. The summed E-state index contributed by atoms with van der Waals surface area (Å²) in [6.45, 7) is 0. The Labute approximate surface area is 54.8 Å². The van der Waals surface area contributed by atoms with Gasteiger partial charge in [0.15, 0.2) is 0 Å². The maximum Gasteiger partial charge on any atom is 0.0263 e. The second-order valence-corrected chi connectivity index (χ2v) is 2.23. The molecule has 0 aromatic carbocycles. The summed E-state index contributed by atoms with van der Waals surface area (Å²) in [5.41, 5.74) is 1.39. The zero-order chi connectivity index (χ0) is 5.82. The topological polar surface area (TPSA) is 0 Å². The molecule has 0 spiro atoms. The van der Waals surface area contributed by atoms with Crippen LogP contribution in [0.5, 0.6) is 0 Å². The van der Waals surface area contributed by atoms with Gasteiger partial charge in [-0.3, -0.25) is 0 Å². The summed E-state index contributed by atoms with van der Waals surface area (Å²) in [6, 6.07) is 0. The van der Waals surface area contributed by atoms with Crippen molar-refractivity contribution in [2.75, 3.05) is 5.88 Å². The van der Waals surface area contributed by atoms with Crippen LogP contribution >= 0.6 is 11.6 Å². The van der Waals surface area contributed by atoms with Crippen molar-refractivity contribution in [3.05, 3.63) is 23.8 Å². The average molecular weight is 129 g/mol. The number of allylic oxidation sites excluding steroid dienone is 4. The van der Waals surface area contributed by atoms with Crippen molar-refractivity contribution in [1.82, 2.24) is 0 Å². The molecule has 0 aromatic heterocycles. The molecule has 0 nitrogen and oxygen atoms in total. The van der Waals surface area contributed by atoms with E-state index in [1.165, 1.54) is 5.57 Å². The molecule has 0 saturated carbocycles. The summed E-state index contributed by atoms with van der Waals surface area (Å²) in [5, 5.41) is 0. The molecule has 44 valence electrons. The van der Waals surface area contributed by atoms with Crippen LogP contribution in [0, 0.1) is 0 Å². The van der Waals surface area contributed by atoms with Gasteiger partial charge < -0.3 is 0 Å². The SMILES string of the molecule is ClCCC1=CCC=C1. The lowest BCUT2D eigenvalue weighted by Crippen LogP contribution is -1.74. The molecule has 0 saturated heterocycles. The number of hydrogen-bond donors (Lipinski definition) is 0. The van der Waals surface area contributed by atoms with E-state index in [-0.39, 0.29) is 0 Å². The Morgan fingerprint density at radius 3 is 3.00 bits per heavy atom. The molecule has 0 fully saturated rings. The number of alkyl halides is 1. The molecule has 0 heterocycles. The van der Waals surface area contributed by atoms with Gasteiger partial charge in [-0.2, -0.15) is 0 Å². The molecular weight excluding hydrogens is 120 g/mol. The summed E-state index contributed by atoms with van der Waals surface area (Å²) in [5.74, 6) is 0.746. The van der Waals surface area contributed by atoms with Crippen LogP contribution in [0.15, 0.2) is 23.8 Å². The molecule has 1 aliphatic carbocycles. The molecule has 0 radical (unpaired) electrons. The van der Waals surface area contributed by atoms with E-state index in [9.17, 15) is 0 Å². The molecule has 0 bridgehead atoms. The van der Waals surface area contributed by atoms with Gasteiger partial charge in [0.2, 0.25) is 0 Å². The van der Waals surface area contributed by atoms with E-state index >= 15 is 0 Å². The lowest BCUT2D eigenvalue weighted by atomic mass is 10.2. The van der Waals surface area contributed by atoms with E-state index in [1.54, 1.807) is 0 Å². The van der Waals surface area contributed by atoms with Gasteiger partial charge in [-0.15, -0.1) is 11.6 Å². The summed E-state index contributed by atoms with van der Waals surface area (Å²) >= 11 is 5.51. The van der Waals surface area contributed by atoms with Crippen molar-refractivity contribution < 1.29 is 0 Å². The first-order valence-electron chi connectivity index (χ1n) is 2.85. The minimum Gasteiger partial charge on any atom is -0.126 e. The number of hydrogen-bond acceptors (Lipinski definition) is 0. The monoisotopic (exact) mass is 128 g/mol. The molecule has 1 rings (SSSR count). The molecule has 0 atom stereocenters. The van der Waals surface area contributed by atoms with Crippen LogP contribution in [0.1, 0.15) is 12.8 Å². The highest BCUT2D eigenvalue weighted by Gasteiger charge is 1.93. The minimum absolute atomic E-state index is 0.746. The van der Waals surface area contributed by atoms with Crippen LogP contribution in [0.3, 0.4) is 0 Å². The molecule has 0 amide bonds. The third kappa shape index (κ3) is 1.38. The van der Waals surface area contributed by atoms with E-state index < -0.39 is 0 Å². The normalized spacial score (nSPS) is 16.9. The van der Waals surface area contributed by atoms with Gasteiger partial charge >= 0.3 is 0 Å². The van der Waals surface area contributed by atoms with Crippen molar-refractivity contribution in [3.8, 4) is 0 Å². The largest absolute Gasteiger partial charge is 0.126 e. The van der Waals surface area contributed by atoms with Gasteiger partial charge in [-0.25, -0.2) is 0 Å². The molecule has 8 heavy (non-hydrogen) atoms. The van der Waals surface area contributed by atoms with Crippen LogP contribution in [0.4, 0.5) is 0 Å². The van der Waals surface area contributed by atoms with Crippen molar-refractivity contribution >= 4 is 11.6 Å². The van der Waals surface area contributed by atoms with E-state index in [1.807, 2.05) is 0 Å². The highest BCUT2D eigenvalue weighted by molar-refractivity contribution is 6.18. The predicted octanol–water partition coefficient (Wildman–Crippen LogP) is 2.50. The first-order valence-corrected chi connectivity index (χ1v) is 3.38. The van der Waals surface area contributed by atoms with Gasteiger partial charge in [0, 0.05) is 5.88 Å². The summed E-state index contributed by atoms with van der Waals surface area (Å²) in [7, 11) is 0. The molecule has 0 aromatic rings. The average Bonchev–Trinajstić information content (AvgIpc) is 2.19. The fraction of sp³-hybridized carbons (Fsp3) is 0.429. The number of halogens is 1. The van der Waals surface area contributed by atoms with Crippen molar-refractivity contribution in [2.24, 2.45) is 0 Å². The van der Waals surface area contributed by atoms with Crippen LogP contribution in [-0.4, -0.2) is 5.88 Å². The second-order valence-electron chi connectivity index (χ2n) is 1.86.